The Morgan fingerprint density at radius 2 is 1.85 bits per heavy atom. The summed E-state index contributed by atoms with van der Waals surface area (Å²) in [7, 11) is 6.82. The van der Waals surface area contributed by atoms with Crippen LogP contribution in [0.2, 0.25) is 0 Å². The van der Waals surface area contributed by atoms with E-state index in [2.05, 4.69) is 15.6 Å². The predicted molar refractivity (Wildman–Crippen MR) is 102 cm³/mol. The second-order valence-corrected chi connectivity index (χ2v) is 6.29. The van der Waals surface area contributed by atoms with E-state index in [4.69, 9.17) is 18.9 Å². The van der Waals surface area contributed by atoms with Gasteiger partial charge in [-0.2, -0.15) is 0 Å². The highest BCUT2D eigenvalue weighted by molar-refractivity contribution is 5.79. The second kappa shape index (κ2) is 10.2. The molecule has 2 N–H and O–H groups in total. The van der Waals surface area contributed by atoms with Crippen LogP contribution in [0.4, 0.5) is 0 Å². The zero-order valence-electron chi connectivity index (χ0n) is 16.3. The number of nitrogens with one attached hydrogen (secondary N) is 2. The van der Waals surface area contributed by atoms with E-state index in [0.717, 1.165) is 56.5 Å². The second-order valence-electron chi connectivity index (χ2n) is 6.29. The fourth-order valence-electron chi connectivity index (χ4n) is 3.02. The summed E-state index contributed by atoms with van der Waals surface area (Å²) < 4.78 is 21.8. The summed E-state index contributed by atoms with van der Waals surface area (Å²) in [6.45, 7) is 2.95. The van der Waals surface area contributed by atoms with E-state index in [1.54, 1.807) is 28.4 Å². The van der Waals surface area contributed by atoms with Gasteiger partial charge in [0.05, 0.1) is 19.8 Å². The quantitative estimate of drug-likeness (QED) is 0.539. The average molecular weight is 365 g/mol. The van der Waals surface area contributed by atoms with Gasteiger partial charge in [0.15, 0.2) is 17.5 Å². The first kappa shape index (κ1) is 20.3. The minimum Gasteiger partial charge on any atom is -0.493 e. The molecule has 0 unspecified atom stereocenters. The first-order chi connectivity index (χ1) is 12.7. The van der Waals surface area contributed by atoms with Crippen LogP contribution in [0.3, 0.4) is 0 Å². The molecular weight excluding hydrogens is 334 g/mol. The van der Waals surface area contributed by atoms with E-state index >= 15 is 0 Å². The number of nitrogens with zero attached hydrogens (tertiary/aromatic N) is 1. The average Bonchev–Trinajstić information content (AvgIpc) is 2.71. The summed E-state index contributed by atoms with van der Waals surface area (Å²) in [5.74, 6) is 2.26. The van der Waals surface area contributed by atoms with Crippen molar-refractivity contribution in [1.29, 1.82) is 0 Å². The van der Waals surface area contributed by atoms with Gasteiger partial charge in [-0.05, 0) is 24.1 Å². The van der Waals surface area contributed by atoms with Crippen LogP contribution in [-0.4, -0.2) is 66.2 Å². The summed E-state index contributed by atoms with van der Waals surface area (Å²) in [4.78, 5) is 4.29. The summed E-state index contributed by atoms with van der Waals surface area (Å²) in [6.07, 6.45) is 2.63. The number of ether oxygens (including phenoxy) is 4. The third-order valence-corrected chi connectivity index (χ3v) is 4.79. The molecule has 1 aliphatic rings. The predicted octanol–water partition coefficient (Wildman–Crippen LogP) is 1.61. The lowest BCUT2D eigenvalue weighted by Crippen LogP contribution is -2.51. The van der Waals surface area contributed by atoms with E-state index in [1.807, 2.05) is 18.2 Å². The van der Waals surface area contributed by atoms with Crippen molar-refractivity contribution in [2.45, 2.75) is 24.9 Å². The Kier molecular flexibility index (Phi) is 8.00. The Bertz CT molecular complexity index is 586. The van der Waals surface area contributed by atoms with E-state index in [-0.39, 0.29) is 5.60 Å². The molecule has 0 aliphatic carbocycles. The number of methoxy groups -OCH3 is 3. The van der Waals surface area contributed by atoms with Crippen LogP contribution < -0.4 is 20.1 Å². The lowest BCUT2D eigenvalue weighted by Gasteiger charge is -2.36. The van der Waals surface area contributed by atoms with Gasteiger partial charge in [-0.3, -0.25) is 4.99 Å². The molecule has 1 heterocycles. The van der Waals surface area contributed by atoms with Crippen LogP contribution in [0.5, 0.6) is 11.5 Å². The van der Waals surface area contributed by atoms with Gasteiger partial charge in [0.1, 0.15) is 0 Å². The van der Waals surface area contributed by atoms with Crippen LogP contribution in [0, 0.1) is 0 Å². The van der Waals surface area contributed by atoms with Gasteiger partial charge in [-0.15, -0.1) is 0 Å². The van der Waals surface area contributed by atoms with Gasteiger partial charge in [-0.25, -0.2) is 0 Å². The number of hydrogen-bond acceptors (Lipinski definition) is 5. The third-order valence-electron chi connectivity index (χ3n) is 4.79. The van der Waals surface area contributed by atoms with Gasteiger partial charge in [0.2, 0.25) is 0 Å². The molecule has 1 aromatic carbocycles. The number of guanidine groups is 1. The molecular formula is C19H31N3O4. The SMILES string of the molecule is CN=C(NCCc1ccc(OC)c(OC)c1)NCC1(OC)CCOCC1. The van der Waals surface area contributed by atoms with Crippen molar-refractivity contribution in [3.05, 3.63) is 23.8 Å². The Morgan fingerprint density at radius 1 is 1.12 bits per heavy atom. The van der Waals surface area contributed by atoms with Gasteiger partial charge in [0, 0.05) is 53.3 Å². The standard InChI is InChI=1S/C19H31N3O4/c1-20-18(22-14-19(25-4)8-11-26-12-9-19)21-10-7-15-5-6-16(23-2)17(13-15)24-3/h5-6,13H,7-12,14H2,1-4H3,(H2,20,21,22). The van der Waals surface area contributed by atoms with Crippen LogP contribution in [-0.2, 0) is 15.9 Å². The largest absolute Gasteiger partial charge is 0.493 e. The molecule has 0 amide bonds. The Labute approximate surface area is 156 Å². The molecule has 1 aliphatic heterocycles. The summed E-state index contributed by atoms with van der Waals surface area (Å²) >= 11 is 0. The molecule has 0 spiro atoms. The molecule has 2 rings (SSSR count). The van der Waals surface area contributed by atoms with Crippen LogP contribution >= 0.6 is 0 Å². The Hall–Kier alpha value is -1.99. The number of rotatable bonds is 8. The van der Waals surface area contributed by atoms with Gasteiger partial charge < -0.3 is 29.6 Å². The topological polar surface area (TPSA) is 73.3 Å². The minimum absolute atomic E-state index is 0.181. The summed E-state index contributed by atoms with van der Waals surface area (Å²) in [5, 5.41) is 6.72. The van der Waals surface area contributed by atoms with Crippen LogP contribution in [0.25, 0.3) is 0 Å². The first-order valence-corrected chi connectivity index (χ1v) is 8.94. The Morgan fingerprint density at radius 3 is 2.46 bits per heavy atom. The van der Waals surface area contributed by atoms with Crippen molar-refractivity contribution in [2.24, 2.45) is 4.99 Å². The highest BCUT2D eigenvalue weighted by Crippen LogP contribution is 2.27. The number of aliphatic imine (C=N–C) groups is 1. The van der Waals surface area contributed by atoms with Crippen molar-refractivity contribution >= 4 is 5.96 Å². The highest BCUT2D eigenvalue weighted by atomic mass is 16.5. The van der Waals surface area contributed by atoms with Gasteiger partial charge in [0.25, 0.3) is 0 Å². The summed E-state index contributed by atoms with van der Waals surface area (Å²) in [6, 6.07) is 5.97. The zero-order chi connectivity index (χ0) is 18.8. The van der Waals surface area contributed by atoms with Crippen molar-refractivity contribution in [3.8, 4) is 11.5 Å². The fraction of sp³-hybridized carbons (Fsp3) is 0.632. The molecule has 1 aromatic rings. The lowest BCUT2D eigenvalue weighted by molar-refractivity contribution is -0.0855. The lowest BCUT2D eigenvalue weighted by atomic mass is 9.94. The van der Waals surface area contributed by atoms with Crippen molar-refractivity contribution < 1.29 is 18.9 Å². The highest BCUT2D eigenvalue weighted by Gasteiger charge is 2.32. The van der Waals surface area contributed by atoms with E-state index in [9.17, 15) is 0 Å². The molecule has 7 nitrogen and oxygen atoms in total. The molecule has 1 fully saturated rings. The molecule has 0 bridgehead atoms. The van der Waals surface area contributed by atoms with Crippen LogP contribution in [0.1, 0.15) is 18.4 Å². The molecule has 26 heavy (non-hydrogen) atoms. The maximum absolute atomic E-state index is 5.74. The molecule has 0 saturated carbocycles. The van der Waals surface area contributed by atoms with Gasteiger partial charge >= 0.3 is 0 Å². The Balaban J connectivity index is 1.81. The molecule has 0 atom stereocenters. The first-order valence-electron chi connectivity index (χ1n) is 8.94. The van der Waals surface area contributed by atoms with E-state index < -0.39 is 0 Å². The molecule has 0 aromatic heterocycles. The maximum Gasteiger partial charge on any atom is 0.191 e. The van der Waals surface area contributed by atoms with Crippen molar-refractivity contribution in [2.75, 3.05) is 54.7 Å². The fourth-order valence-corrected chi connectivity index (χ4v) is 3.02. The zero-order valence-corrected chi connectivity index (χ0v) is 16.3. The van der Waals surface area contributed by atoms with Crippen molar-refractivity contribution in [1.82, 2.24) is 10.6 Å². The molecule has 146 valence electrons. The molecule has 1 saturated heterocycles. The molecule has 7 heteroatoms. The van der Waals surface area contributed by atoms with E-state index in [1.165, 1.54) is 5.56 Å². The van der Waals surface area contributed by atoms with E-state index in [0.29, 0.717) is 6.54 Å². The molecule has 0 radical (unpaired) electrons. The van der Waals surface area contributed by atoms with Crippen molar-refractivity contribution in [3.63, 3.8) is 0 Å². The van der Waals surface area contributed by atoms with Gasteiger partial charge in [-0.1, -0.05) is 6.07 Å². The number of benzene rings is 1. The minimum atomic E-state index is -0.181. The third kappa shape index (κ3) is 5.51. The smallest absolute Gasteiger partial charge is 0.191 e. The maximum atomic E-state index is 5.74. The van der Waals surface area contributed by atoms with Crippen LogP contribution in [0.15, 0.2) is 23.2 Å². The number of hydrogen-bond donors (Lipinski definition) is 2. The normalized spacial score (nSPS) is 16.8. The monoisotopic (exact) mass is 365 g/mol. The summed E-state index contributed by atoms with van der Waals surface area (Å²) in [5.41, 5.74) is 0.988.